The Morgan fingerprint density at radius 1 is 1.39 bits per heavy atom. The van der Waals surface area contributed by atoms with Gasteiger partial charge in [0.05, 0.1) is 11.3 Å². The summed E-state index contributed by atoms with van der Waals surface area (Å²) in [6.45, 7) is 0.272. The van der Waals surface area contributed by atoms with E-state index in [1.807, 2.05) is 0 Å². The van der Waals surface area contributed by atoms with E-state index in [0.717, 1.165) is 11.3 Å². The van der Waals surface area contributed by atoms with Crippen LogP contribution in [0.3, 0.4) is 0 Å². The molecule has 0 saturated heterocycles. The number of halogens is 3. The van der Waals surface area contributed by atoms with Crippen LogP contribution in [0.4, 0.5) is 18.3 Å². The van der Waals surface area contributed by atoms with Gasteiger partial charge in [0.2, 0.25) is 0 Å². The number of carbonyl (C=O) groups excluding carboxylic acids is 1. The first-order chi connectivity index (χ1) is 10.8. The standard InChI is InChI=1S/C14H11F3N4OS/c1-9-7-23-13(19-9)21(8-14(15,16)17)12(22)10-2-3-11-18-4-5-20(11)6-10/h2-7H,8H2,1H3. The Kier molecular flexibility index (Phi) is 3.80. The largest absolute Gasteiger partial charge is 0.406 e. The zero-order valence-electron chi connectivity index (χ0n) is 11.9. The van der Waals surface area contributed by atoms with Gasteiger partial charge in [0, 0.05) is 24.0 Å². The molecule has 3 aromatic heterocycles. The van der Waals surface area contributed by atoms with Gasteiger partial charge in [-0.2, -0.15) is 13.2 Å². The topological polar surface area (TPSA) is 50.5 Å². The second-order valence-corrected chi connectivity index (χ2v) is 5.72. The first kappa shape index (κ1) is 15.5. The van der Waals surface area contributed by atoms with Crippen molar-refractivity contribution in [1.82, 2.24) is 14.4 Å². The number of pyridine rings is 1. The van der Waals surface area contributed by atoms with Gasteiger partial charge in [-0.1, -0.05) is 0 Å². The number of rotatable bonds is 3. The molecule has 3 rings (SSSR count). The Labute approximate surface area is 133 Å². The van der Waals surface area contributed by atoms with Crippen molar-refractivity contribution in [3.05, 3.63) is 47.4 Å². The third kappa shape index (κ3) is 3.34. The van der Waals surface area contributed by atoms with Gasteiger partial charge in [-0.15, -0.1) is 11.3 Å². The van der Waals surface area contributed by atoms with Crippen molar-refractivity contribution in [3.63, 3.8) is 0 Å². The Balaban J connectivity index is 1.99. The molecule has 5 nitrogen and oxygen atoms in total. The maximum Gasteiger partial charge on any atom is 0.406 e. The number of hydrogen-bond donors (Lipinski definition) is 0. The zero-order chi connectivity index (χ0) is 16.6. The summed E-state index contributed by atoms with van der Waals surface area (Å²) in [6.07, 6.45) is 0.0951. The number of hydrogen-bond acceptors (Lipinski definition) is 4. The first-order valence-electron chi connectivity index (χ1n) is 6.57. The van der Waals surface area contributed by atoms with Crippen molar-refractivity contribution in [3.8, 4) is 0 Å². The summed E-state index contributed by atoms with van der Waals surface area (Å²) in [5, 5.41) is 1.63. The van der Waals surface area contributed by atoms with Gasteiger partial charge in [-0.3, -0.25) is 9.69 Å². The maximum atomic E-state index is 12.8. The second-order valence-electron chi connectivity index (χ2n) is 4.89. The summed E-state index contributed by atoms with van der Waals surface area (Å²) < 4.78 is 40.1. The van der Waals surface area contributed by atoms with Crippen molar-refractivity contribution in [2.75, 3.05) is 11.4 Å². The number of fused-ring (bicyclic) bond motifs is 1. The van der Waals surface area contributed by atoms with Crippen LogP contribution in [-0.2, 0) is 0 Å². The molecule has 0 fully saturated rings. The molecular formula is C14H11F3N4OS. The monoisotopic (exact) mass is 340 g/mol. The number of nitrogens with zero attached hydrogens (tertiary/aromatic N) is 4. The number of alkyl halides is 3. The van der Waals surface area contributed by atoms with E-state index in [1.54, 1.807) is 35.2 Å². The fraction of sp³-hybridized carbons (Fsp3) is 0.214. The molecule has 0 spiro atoms. The number of imidazole rings is 1. The van der Waals surface area contributed by atoms with E-state index in [0.29, 0.717) is 16.2 Å². The summed E-state index contributed by atoms with van der Waals surface area (Å²) in [5.74, 6) is -0.757. The highest BCUT2D eigenvalue weighted by atomic mass is 32.1. The van der Waals surface area contributed by atoms with Crippen LogP contribution in [0.25, 0.3) is 5.65 Å². The summed E-state index contributed by atoms with van der Waals surface area (Å²) in [7, 11) is 0. The highest BCUT2D eigenvalue weighted by Crippen LogP contribution is 2.27. The lowest BCUT2D eigenvalue weighted by Crippen LogP contribution is -2.39. The van der Waals surface area contributed by atoms with Crippen molar-refractivity contribution in [2.24, 2.45) is 0 Å². The molecule has 0 N–H and O–H groups in total. The Morgan fingerprint density at radius 3 is 2.83 bits per heavy atom. The van der Waals surface area contributed by atoms with Gasteiger partial charge < -0.3 is 4.40 Å². The molecule has 0 atom stereocenters. The fourth-order valence-corrected chi connectivity index (χ4v) is 2.87. The molecule has 0 aliphatic carbocycles. The van der Waals surface area contributed by atoms with Gasteiger partial charge >= 0.3 is 6.18 Å². The number of thiazole rings is 1. The summed E-state index contributed by atoms with van der Waals surface area (Å²) in [5.41, 5.74) is 1.30. The van der Waals surface area contributed by atoms with E-state index >= 15 is 0 Å². The second kappa shape index (κ2) is 5.65. The average Bonchev–Trinajstić information content (AvgIpc) is 3.10. The van der Waals surface area contributed by atoms with Gasteiger partial charge in [-0.05, 0) is 19.1 Å². The minimum absolute atomic E-state index is 0.0237. The Morgan fingerprint density at radius 2 is 2.17 bits per heavy atom. The molecule has 3 heterocycles. The van der Waals surface area contributed by atoms with Crippen LogP contribution in [-0.4, -0.2) is 33.0 Å². The fourth-order valence-electron chi connectivity index (χ4n) is 2.07. The van der Waals surface area contributed by atoms with E-state index < -0.39 is 18.6 Å². The molecule has 0 saturated carbocycles. The lowest BCUT2D eigenvalue weighted by Gasteiger charge is -2.21. The van der Waals surface area contributed by atoms with E-state index in [2.05, 4.69) is 9.97 Å². The summed E-state index contributed by atoms with van der Waals surface area (Å²) >= 11 is 1.00. The summed E-state index contributed by atoms with van der Waals surface area (Å²) in [6, 6.07) is 3.03. The van der Waals surface area contributed by atoms with Crippen LogP contribution in [0.5, 0.6) is 0 Å². The van der Waals surface area contributed by atoms with Crippen LogP contribution in [0.1, 0.15) is 16.1 Å². The van der Waals surface area contributed by atoms with Gasteiger partial charge in [0.1, 0.15) is 12.2 Å². The summed E-state index contributed by atoms with van der Waals surface area (Å²) in [4.78, 5) is 21.2. The molecule has 1 amide bonds. The van der Waals surface area contributed by atoms with Gasteiger partial charge in [-0.25, -0.2) is 9.97 Å². The van der Waals surface area contributed by atoms with E-state index in [1.165, 1.54) is 12.3 Å². The van der Waals surface area contributed by atoms with Crippen LogP contribution < -0.4 is 4.90 Å². The number of aromatic nitrogens is 3. The smallest absolute Gasteiger partial charge is 0.306 e. The zero-order valence-corrected chi connectivity index (χ0v) is 12.7. The Bertz CT molecular complexity index is 855. The first-order valence-corrected chi connectivity index (χ1v) is 7.45. The highest BCUT2D eigenvalue weighted by Gasteiger charge is 2.35. The normalized spacial score (nSPS) is 11.8. The van der Waals surface area contributed by atoms with E-state index in [4.69, 9.17) is 0 Å². The SMILES string of the molecule is Cc1csc(N(CC(F)(F)F)C(=O)c2ccc3nccn3c2)n1. The lowest BCUT2D eigenvalue weighted by atomic mass is 10.2. The van der Waals surface area contributed by atoms with E-state index in [9.17, 15) is 18.0 Å². The predicted octanol–water partition coefficient (Wildman–Crippen LogP) is 3.31. The molecule has 120 valence electrons. The number of carbonyl (C=O) groups is 1. The third-order valence-corrected chi connectivity index (χ3v) is 4.04. The van der Waals surface area contributed by atoms with Crippen molar-refractivity contribution < 1.29 is 18.0 Å². The molecule has 0 radical (unpaired) electrons. The Hall–Kier alpha value is -2.42. The quantitative estimate of drug-likeness (QED) is 0.735. The van der Waals surface area contributed by atoms with Crippen molar-refractivity contribution >= 4 is 28.0 Å². The minimum Gasteiger partial charge on any atom is -0.306 e. The number of amides is 1. The molecular weight excluding hydrogens is 329 g/mol. The molecule has 9 heteroatoms. The molecule has 3 aromatic rings. The van der Waals surface area contributed by atoms with Crippen LogP contribution >= 0.6 is 11.3 Å². The minimum atomic E-state index is -4.52. The van der Waals surface area contributed by atoms with Crippen LogP contribution in [0.15, 0.2) is 36.1 Å². The predicted molar refractivity (Wildman–Crippen MR) is 79.8 cm³/mol. The van der Waals surface area contributed by atoms with E-state index in [-0.39, 0.29) is 10.7 Å². The number of anilines is 1. The maximum absolute atomic E-state index is 12.8. The van der Waals surface area contributed by atoms with Crippen molar-refractivity contribution in [2.45, 2.75) is 13.1 Å². The molecule has 0 aromatic carbocycles. The molecule has 0 unspecified atom stereocenters. The molecule has 23 heavy (non-hydrogen) atoms. The number of aryl methyl sites for hydroxylation is 1. The van der Waals surface area contributed by atoms with Gasteiger partial charge in [0.25, 0.3) is 5.91 Å². The lowest BCUT2D eigenvalue weighted by molar-refractivity contribution is -0.118. The molecule has 0 aliphatic rings. The van der Waals surface area contributed by atoms with Gasteiger partial charge in [0.15, 0.2) is 5.13 Å². The average molecular weight is 340 g/mol. The van der Waals surface area contributed by atoms with Crippen molar-refractivity contribution in [1.29, 1.82) is 0 Å². The third-order valence-electron chi connectivity index (χ3n) is 3.06. The van der Waals surface area contributed by atoms with Crippen LogP contribution in [0, 0.1) is 6.92 Å². The molecule has 0 aliphatic heterocycles. The van der Waals surface area contributed by atoms with Crippen LogP contribution in [0.2, 0.25) is 0 Å². The molecule has 0 bridgehead atoms. The highest BCUT2D eigenvalue weighted by molar-refractivity contribution is 7.14.